The maximum absolute atomic E-state index is 12.7. The summed E-state index contributed by atoms with van der Waals surface area (Å²) in [6.07, 6.45) is 0.967. The zero-order chi connectivity index (χ0) is 22.8. The number of ether oxygens (including phenoxy) is 1. The quantitative estimate of drug-likeness (QED) is 0.558. The Balaban J connectivity index is 1.39. The van der Waals surface area contributed by atoms with Crippen LogP contribution >= 0.6 is 0 Å². The number of hydrogen-bond acceptors (Lipinski definition) is 6. The third kappa shape index (κ3) is 3.96. The van der Waals surface area contributed by atoms with Gasteiger partial charge in [0.1, 0.15) is 0 Å². The SMILES string of the molecule is NC(=O)C1CCN(C(=O)COC(=O)c2cccc(N3C(=O)c4ccccc4C3=O)c2)CC1. The molecule has 4 amide bonds. The van der Waals surface area contributed by atoms with Crippen LogP contribution in [0.25, 0.3) is 0 Å². The molecule has 2 aliphatic heterocycles. The van der Waals surface area contributed by atoms with E-state index >= 15 is 0 Å². The van der Waals surface area contributed by atoms with E-state index in [1.807, 2.05) is 0 Å². The number of nitrogens with two attached hydrogens (primary N) is 1. The van der Waals surface area contributed by atoms with E-state index in [9.17, 15) is 24.0 Å². The summed E-state index contributed by atoms with van der Waals surface area (Å²) in [7, 11) is 0. The molecule has 2 aromatic carbocycles. The number of piperidine rings is 1. The average molecular weight is 435 g/mol. The molecule has 0 aliphatic carbocycles. The summed E-state index contributed by atoms with van der Waals surface area (Å²) in [5, 5.41) is 0. The molecule has 0 aromatic heterocycles. The van der Waals surface area contributed by atoms with E-state index in [1.165, 1.54) is 23.1 Å². The van der Waals surface area contributed by atoms with Gasteiger partial charge in [-0.1, -0.05) is 18.2 Å². The average Bonchev–Trinajstić information content (AvgIpc) is 3.07. The molecule has 0 spiro atoms. The third-order valence-corrected chi connectivity index (χ3v) is 5.71. The van der Waals surface area contributed by atoms with E-state index in [1.54, 1.807) is 30.3 Å². The Morgan fingerprint density at radius 3 is 2.16 bits per heavy atom. The second kappa shape index (κ2) is 8.62. The van der Waals surface area contributed by atoms with E-state index in [4.69, 9.17) is 10.5 Å². The maximum atomic E-state index is 12.7. The summed E-state index contributed by atoms with van der Waals surface area (Å²) in [6.45, 7) is 0.301. The van der Waals surface area contributed by atoms with Crippen molar-refractivity contribution in [2.24, 2.45) is 11.7 Å². The highest BCUT2D eigenvalue weighted by Crippen LogP contribution is 2.28. The Labute approximate surface area is 183 Å². The topological polar surface area (TPSA) is 127 Å². The summed E-state index contributed by atoms with van der Waals surface area (Å²) in [6, 6.07) is 12.4. The number of primary amides is 1. The van der Waals surface area contributed by atoms with Crippen LogP contribution in [0.4, 0.5) is 5.69 Å². The second-order valence-corrected chi connectivity index (χ2v) is 7.68. The van der Waals surface area contributed by atoms with Crippen molar-refractivity contribution < 1.29 is 28.7 Å². The fraction of sp³-hybridized carbons (Fsp3) is 0.261. The number of likely N-dealkylation sites (tertiary alicyclic amines) is 1. The van der Waals surface area contributed by atoms with Crippen LogP contribution in [0, 0.1) is 5.92 Å². The molecule has 2 aliphatic rings. The van der Waals surface area contributed by atoms with Gasteiger partial charge in [0.2, 0.25) is 5.91 Å². The number of anilines is 1. The third-order valence-electron chi connectivity index (χ3n) is 5.71. The van der Waals surface area contributed by atoms with Crippen LogP contribution in [-0.4, -0.2) is 54.2 Å². The van der Waals surface area contributed by atoms with Gasteiger partial charge < -0.3 is 15.4 Å². The molecule has 1 fully saturated rings. The van der Waals surface area contributed by atoms with Crippen molar-refractivity contribution in [3.05, 3.63) is 65.2 Å². The summed E-state index contributed by atoms with van der Waals surface area (Å²) < 4.78 is 5.14. The first-order valence-electron chi connectivity index (χ1n) is 10.2. The van der Waals surface area contributed by atoms with Crippen LogP contribution in [0.2, 0.25) is 0 Å². The van der Waals surface area contributed by atoms with Crippen LogP contribution in [0.3, 0.4) is 0 Å². The standard InChI is InChI=1S/C23H21N3O6/c24-20(28)14-8-10-25(11-9-14)19(27)13-32-23(31)15-4-3-5-16(12-15)26-21(29)17-6-1-2-7-18(17)22(26)30/h1-7,12,14H,8-11,13H2,(H2,24,28). The molecule has 2 heterocycles. The molecule has 9 nitrogen and oxygen atoms in total. The second-order valence-electron chi connectivity index (χ2n) is 7.68. The van der Waals surface area contributed by atoms with Crippen LogP contribution in [0.15, 0.2) is 48.5 Å². The molecule has 0 radical (unpaired) electrons. The van der Waals surface area contributed by atoms with Crippen LogP contribution in [-0.2, 0) is 14.3 Å². The molecule has 2 N–H and O–H groups in total. The number of imide groups is 1. The normalized spacial score (nSPS) is 16.1. The summed E-state index contributed by atoms with van der Waals surface area (Å²) >= 11 is 0. The summed E-state index contributed by atoms with van der Waals surface area (Å²) in [4.78, 5) is 63.9. The predicted octanol–water partition coefficient (Wildman–Crippen LogP) is 1.37. The fourth-order valence-electron chi connectivity index (χ4n) is 3.91. The molecule has 32 heavy (non-hydrogen) atoms. The highest BCUT2D eigenvalue weighted by Gasteiger charge is 2.36. The van der Waals surface area contributed by atoms with Gasteiger partial charge in [-0.05, 0) is 43.2 Å². The largest absolute Gasteiger partial charge is 0.452 e. The lowest BCUT2D eigenvalue weighted by molar-refractivity contribution is -0.137. The lowest BCUT2D eigenvalue weighted by Crippen LogP contribution is -2.43. The molecule has 0 saturated carbocycles. The molecule has 0 atom stereocenters. The fourth-order valence-corrected chi connectivity index (χ4v) is 3.91. The maximum Gasteiger partial charge on any atom is 0.338 e. The van der Waals surface area contributed by atoms with Crippen molar-refractivity contribution in [3.8, 4) is 0 Å². The highest BCUT2D eigenvalue weighted by atomic mass is 16.5. The molecule has 1 saturated heterocycles. The number of amides is 4. The zero-order valence-electron chi connectivity index (χ0n) is 17.2. The van der Waals surface area contributed by atoms with E-state index in [-0.39, 0.29) is 29.0 Å². The van der Waals surface area contributed by atoms with Crippen LogP contribution in [0.5, 0.6) is 0 Å². The first-order valence-corrected chi connectivity index (χ1v) is 10.2. The van der Waals surface area contributed by atoms with Crippen molar-refractivity contribution in [1.82, 2.24) is 4.90 Å². The zero-order valence-corrected chi connectivity index (χ0v) is 17.2. The minimum atomic E-state index is -0.746. The molecule has 2 aromatic rings. The molecular formula is C23H21N3O6. The van der Waals surface area contributed by atoms with Gasteiger partial charge in [0, 0.05) is 19.0 Å². The van der Waals surface area contributed by atoms with Crippen molar-refractivity contribution in [2.45, 2.75) is 12.8 Å². The lowest BCUT2D eigenvalue weighted by atomic mass is 9.96. The number of hydrogen-bond donors (Lipinski definition) is 1. The van der Waals surface area contributed by atoms with E-state index < -0.39 is 24.4 Å². The monoisotopic (exact) mass is 435 g/mol. The van der Waals surface area contributed by atoms with Crippen molar-refractivity contribution in [2.75, 3.05) is 24.6 Å². The molecular weight excluding hydrogens is 414 g/mol. The molecule has 0 unspecified atom stereocenters. The molecule has 4 rings (SSSR count). The summed E-state index contributed by atoms with van der Waals surface area (Å²) in [5.41, 5.74) is 6.25. The Hall–Kier alpha value is -4.01. The minimum Gasteiger partial charge on any atom is -0.452 e. The van der Waals surface area contributed by atoms with Crippen LogP contribution in [0.1, 0.15) is 43.9 Å². The molecule has 9 heteroatoms. The van der Waals surface area contributed by atoms with Gasteiger partial charge in [-0.3, -0.25) is 19.2 Å². The number of carbonyl (C=O) groups is 5. The Kier molecular flexibility index (Phi) is 5.72. The molecule has 164 valence electrons. The first kappa shape index (κ1) is 21.2. The number of rotatable bonds is 5. The number of benzene rings is 2. The van der Waals surface area contributed by atoms with E-state index in [2.05, 4.69) is 0 Å². The number of carbonyl (C=O) groups excluding carboxylic acids is 5. The Morgan fingerprint density at radius 2 is 1.56 bits per heavy atom. The highest BCUT2D eigenvalue weighted by molar-refractivity contribution is 6.34. The van der Waals surface area contributed by atoms with E-state index in [0.29, 0.717) is 37.1 Å². The van der Waals surface area contributed by atoms with Gasteiger partial charge in [0.05, 0.1) is 22.4 Å². The number of nitrogens with zero attached hydrogens (tertiary/aromatic N) is 2. The van der Waals surface area contributed by atoms with Gasteiger partial charge >= 0.3 is 5.97 Å². The van der Waals surface area contributed by atoms with Gasteiger partial charge in [0.25, 0.3) is 17.7 Å². The molecule has 0 bridgehead atoms. The lowest BCUT2D eigenvalue weighted by Gasteiger charge is -2.30. The van der Waals surface area contributed by atoms with Gasteiger partial charge in [-0.15, -0.1) is 0 Å². The van der Waals surface area contributed by atoms with Gasteiger partial charge in [-0.2, -0.15) is 0 Å². The van der Waals surface area contributed by atoms with Crippen molar-refractivity contribution in [3.63, 3.8) is 0 Å². The number of fused-ring (bicyclic) bond motifs is 1. The minimum absolute atomic E-state index is 0.110. The summed E-state index contributed by atoms with van der Waals surface area (Å²) in [5.74, 6) is -2.66. The Morgan fingerprint density at radius 1 is 0.938 bits per heavy atom. The number of esters is 1. The Bertz CT molecular complexity index is 1090. The van der Waals surface area contributed by atoms with Gasteiger partial charge in [-0.25, -0.2) is 9.69 Å². The van der Waals surface area contributed by atoms with Crippen LogP contribution < -0.4 is 10.6 Å². The smallest absolute Gasteiger partial charge is 0.338 e. The predicted molar refractivity (Wildman–Crippen MR) is 113 cm³/mol. The van der Waals surface area contributed by atoms with Gasteiger partial charge in [0.15, 0.2) is 6.61 Å². The van der Waals surface area contributed by atoms with E-state index in [0.717, 1.165) is 4.90 Å². The van der Waals surface area contributed by atoms with Crippen molar-refractivity contribution >= 4 is 35.3 Å². The first-order chi connectivity index (χ1) is 15.4. The van der Waals surface area contributed by atoms with Crippen molar-refractivity contribution in [1.29, 1.82) is 0 Å².